The third-order valence-corrected chi connectivity index (χ3v) is 5.82. The number of aromatic nitrogens is 3. The summed E-state index contributed by atoms with van der Waals surface area (Å²) in [5.41, 5.74) is 0.767. The second-order valence-corrected chi connectivity index (χ2v) is 7.55. The number of thioether (sulfide) groups is 2. The van der Waals surface area contributed by atoms with Gasteiger partial charge in [-0.15, -0.1) is 16.9 Å². The van der Waals surface area contributed by atoms with E-state index >= 15 is 0 Å². The van der Waals surface area contributed by atoms with E-state index in [1.54, 1.807) is 16.3 Å². The first-order valence-electron chi connectivity index (χ1n) is 8.01. The maximum Gasteiger partial charge on any atom is 0.343 e. The molecular formula is C16H20N4O2S2. The summed E-state index contributed by atoms with van der Waals surface area (Å²) in [6, 6.07) is 7.97. The number of nitrogens with one attached hydrogen (secondary N) is 1. The Kier molecular flexibility index (Phi) is 5.68. The summed E-state index contributed by atoms with van der Waals surface area (Å²) < 4.78 is 1.61. The van der Waals surface area contributed by atoms with Gasteiger partial charge in [0, 0.05) is 23.7 Å². The van der Waals surface area contributed by atoms with Crippen molar-refractivity contribution in [2.75, 3.05) is 23.0 Å². The maximum absolute atomic E-state index is 12.6. The van der Waals surface area contributed by atoms with Crippen LogP contribution in [0.5, 0.6) is 0 Å². The molecule has 0 bridgehead atoms. The van der Waals surface area contributed by atoms with Gasteiger partial charge in [0.15, 0.2) is 5.16 Å². The number of para-hydroxylation sites is 1. The SMILES string of the molecule is CCCCn1c(SCC(=O)N2CCSc3ccccc32)n[nH]c1=O. The first-order chi connectivity index (χ1) is 11.7. The second-order valence-electron chi connectivity index (χ2n) is 5.47. The predicted molar refractivity (Wildman–Crippen MR) is 98.0 cm³/mol. The number of H-pyrrole nitrogens is 1. The van der Waals surface area contributed by atoms with Crippen molar-refractivity contribution in [2.45, 2.75) is 36.4 Å². The van der Waals surface area contributed by atoms with Gasteiger partial charge < -0.3 is 4.90 Å². The van der Waals surface area contributed by atoms with Crippen molar-refractivity contribution in [2.24, 2.45) is 0 Å². The van der Waals surface area contributed by atoms with Crippen LogP contribution in [0.4, 0.5) is 5.69 Å². The Morgan fingerprint density at radius 1 is 1.42 bits per heavy atom. The zero-order chi connectivity index (χ0) is 16.9. The van der Waals surface area contributed by atoms with E-state index in [1.807, 2.05) is 29.2 Å². The highest BCUT2D eigenvalue weighted by atomic mass is 32.2. The zero-order valence-electron chi connectivity index (χ0n) is 13.5. The van der Waals surface area contributed by atoms with E-state index < -0.39 is 0 Å². The smallest absolute Gasteiger partial charge is 0.310 e. The second kappa shape index (κ2) is 7.94. The molecule has 0 fully saturated rings. The molecule has 1 aliphatic heterocycles. The first kappa shape index (κ1) is 17.2. The molecule has 6 nitrogen and oxygen atoms in total. The third kappa shape index (κ3) is 3.70. The van der Waals surface area contributed by atoms with E-state index in [1.165, 1.54) is 11.8 Å². The number of unbranched alkanes of at least 4 members (excludes halogenated alkanes) is 1. The minimum atomic E-state index is -0.210. The number of amides is 1. The van der Waals surface area contributed by atoms with Crippen LogP contribution in [0.1, 0.15) is 19.8 Å². The van der Waals surface area contributed by atoms with Crippen molar-refractivity contribution < 1.29 is 4.79 Å². The molecule has 1 amide bonds. The summed E-state index contributed by atoms with van der Waals surface area (Å²) >= 11 is 3.09. The molecule has 24 heavy (non-hydrogen) atoms. The molecule has 128 valence electrons. The normalized spacial score (nSPS) is 13.8. The lowest BCUT2D eigenvalue weighted by Gasteiger charge is -2.28. The molecule has 0 aliphatic carbocycles. The number of hydrogen-bond acceptors (Lipinski definition) is 5. The van der Waals surface area contributed by atoms with Gasteiger partial charge in [0.05, 0.1) is 11.4 Å². The van der Waals surface area contributed by atoms with Gasteiger partial charge in [-0.1, -0.05) is 37.2 Å². The van der Waals surface area contributed by atoms with E-state index in [9.17, 15) is 9.59 Å². The highest BCUT2D eigenvalue weighted by molar-refractivity contribution is 8.00. The summed E-state index contributed by atoms with van der Waals surface area (Å²) in [5.74, 6) is 1.22. The van der Waals surface area contributed by atoms with E-state index in [2.05, 4.69) is 17.1 Å². The molecule has 0 unspecified atom stereocenters. The van der Waals surface area contributed by atoms with Gasteiger partial charge in [-0.25, -0.2) is 9.89 Å². The minimum Gasteiger partial charge on any atom is -0.310 e. The van der Waals surface area contributed by atoms with Gasteiger partial charge in [0.1, 0.15) is 0 Å². The summed E-state index contributed by atoms with van der Waals surface area (Å²) in [7, 11) is 0. The molecule has 0 spiro atoms. The monoisotopic (exact) mass is 364 g/mol. The lowest BCUT2D eigenvalue weighted by Crippen LogP contribution is -2.36. The molecule has 8 heteroatoms. The maximum atomic E-state index is 12.6. The van der Waals surface area contributed by atoms with Crippen LogP contribution in [0.2, 0.25) is 0 Å². The molecule has 2 heterocycles. The molecule has 0 saturated carbocycles. The molecule has 2 aromatic rings. The Morgan fingerprint density at radius 3 is 3.08 bits per heavy atom. The molecule has 0 radical (unpaired) electrons. The van der Waals surface area contributed by atoms with Crippen LogP contribution in [-0.2, 0) is 11.3 Å². The number of benzene rings is 1. The van der Waals surface area contributed by atoms with Crippen LogP contribution in [0.3, 0.4) is 0 Å². The van der Waals surface area contributed by atoms with Gasteiger partial charge >= 0.3 is 5.69 Å². The van der Waals surface area contributed by atoms with Crippen LogP contribution in [0.25, 0.3) is 0 Å². The Hall–Kier alpha value is -1.67. The van der Waals surface area contributed by atoms with Gasteiger partial charge in [0.2, 0.25) is 5.91 Å². The van der Waals surface area contributed by atoms with Crippen LogP contribution in [0.15, 0.2) is 39.1 Å². The average molecular weight is 364 g/mol. The molecule has 1 aromatic carbocycles. The van der Waals surface area contributed by atoms with Crippen LogP contribution < -0.4 is 10.6 Å². The Balaban J connectivity index is 1.68. The molecule has 3 rings (SSSR count). The third-order valence-electron chi connectivity index (χ3n) is 3.81. The topological polar surface area (TPSA) is 71.0 Å². The zero-order valence-corrected chi connectivity index (χ0v) is 15.2. The fourth-order valence-electron chi connectivity index (χ4n) is 2.56. The number of anilines is 1. The minimum absolute atomic E-state index is 0.0465. The average Bonchev–Trinajstić information content (AvgIpc) is 2.97. The van der Waals surface area contributed by atoms with Gasteiger partial charge in [-0.05, 0) is 18.6 Å². The van der Waals surface area contributed by atoms with E-state index in [0.29, 0.717) is 18.2 Å². The standard InChI is InChI=1S/C16H20N4O2S2/c1-2-3-8-20-15(22)17-18-16(20)24-11-14(21)19-9-10-23-13-7-5-4-6-12(13)19/h4-7H,2-3,8-11H2,1H3,(H,17,22). The summed E-state index contributed by atoms with van der Waals surface area (Å²) in [4.78, 5) is 27.4. The molecule has 0 saturated heterocycles. The van der Waals surface area contributed by atoms with E-state index in [-0.39, 0.29) is 17.3 Å². The summed E-state index contributed by atoms with van der Waals surface area (Å²) in [5, 5.41) is 7.10. The quantitative estimate of drug-likeness (QED) is 0.798. The van der Waals surface area contributed by atoms with E-state index in [0.717, 1.165) is 29.2 Å². The molecule has 1 N–H and O–H groups in total. The van der Waals surface area contributed by atoms with Crippen molar-refractivity contribution in [1.82, 2.24) is 14.8 Å². The number of nitrogens with zero attached hydrogens (tertiary/aromatic N) is 3. The number of hydrogen-bond donors (Lipinski definition) is 1. The predicted octanol–water partition coefficient (Wildman–Crippen LogP) is 2.60. The van der Waals surface area contributed by atoms with Gasteiger partial charge in [0.25, 0.3) is 0 Å². The number of aromatic amines is 1. The molecular weight excluding hydrogens is 344 g/mol. The molecule has 1 aromatic heterocycles. The van der Waals surface area contributed by atoms with Crippen molar-refractivity contribution in [3.8, 4) is 0 Å². The number of carbonyl (C=O) groups is 1. The lowest BCUT2D eigenvalue weighted by atomic mass is 10.3. The Morgan fingerprint density at radius 2 is 2.25 bits per heavy atom. The fourth-order valence-corrected chi connectivity index (χ4v) is 4.40. The van der Waals surface area contributed by atoms with Gasteiger partial charge in [-0.3, -0.25) is 9.36 Å². The van der Waals surface area contributed by atoms with Crippen LogP contribution in [-0.4, -0.2) is 38.7 Å². The highest BCUT2D eigenvalue weighted by Crippen LogP contribution is 2.34. The number of fused-ring (bicyclic) bond motifs is 1. The van der Waals surface area contributed by atoms with Crippen molar-refractivity contribution in [1.29, 1.82) is 0 Å². The number of rotatable bonds is 6. The largest absolute Gasteiger partial charge is 0.343 e. The van der Waals surface area contributed by atoms with E-state index in [4.69, 9.17) is 0 Å². The summed E-state index contributed by atoms with van der Waals surface area (Å²) in [6.07, 6.45) is 1.92. The van der Waals surface area contributed by atoms with Crippen molar-refractivity contribution in [3.05, 3.63) is 34.7 Å². The summed E-state index contributed by atoms with van der Waals surface area (Å²) in [6.45, 7) is 3.42. The fraction of sp³-hybridized carbons (Fsp3) is 0.438. The van der Waals surface area contributed by atoms with Crippen LogP contribution in [0, 0.1) is 0 Å². The number of carbonyl (C=O) groups excluding carboxylic acids is 1. The molecule has 1 aliphatic rings. The van der Waals surface area contributed by atoms with Crippen LogP contribution >= 0.6 is 23.5 Å². The van der Waals surface area contributed by atoms with Crippen molar-refractivity contribution >= 4 is 35.1 Å². The van der Waals surface area contributed by atoms with Gasteiger partial charge in [-0.2, -0.15) is 0 Å². The Labute approximate surface area is 149 Å². The van der Waals surface area contributed by atoms with Crippen molar-refractivity contribution in [3.63, 3.8) is 0 Å². The lowest BCUT2D eigenvalue weighted by molar-refractivity contribution is -0.116. The first-order valence-corrected chi connectivity index (χ1v) is 9.98. The Bertz CT molecular complexity index is 771. The molecule has 0 atom stereocenters. The highest BCUT2D eigenvalue weighted by Gasteiger charge is 2.23.